The van der Waals surface area contributed by atoms with Crippen molar-refractivity contribution in [3.05, 3.63) is 23.9 Å². The van der Waals surface area contributed by atoms with Crippen molar-refractivity contribution in [1.82, 2.24) is 9.97 Å². The van der Waals surface area contributed by atoms with Gasteiger partial charge in [-0.1, -0.05) is 6.42 Å². The van der Waals surface area contributed by atoms with Crippen LogP contribution in [0.2, 0.25) is 0 Å². The first-order chi connectivity index (χ1) is 11.5. The minimum atomic E-state index is -0.663. The average molecular weight is 327 g/mol. The Hall–Kier alpha value is -2.37. The highest BCUT2D eigenvalue weighted by Gasteiger charge is 2.55. The van der Waals surface area contributed by atoms with Gasteiger partial charge in [-0.3, -0.25) is 4.79 Å². The van der Waals surface area contributed by atoms with Gasteiger partial charge < -0.3 is 14.7 Å². The van der Waals surface area contributed by atoms with E-state index in [1.165, 1.54) is 0 Å². The van der Waals surface area contributed by atoms with E-state index in [2.05, 4.69) is 9.88 Å². The maximum atomic E-state index is 11.9. The van der Waals surface area contributed by atoms with Crippen LogP contribution in [0.3, 0.4) is 0 Å². The summed E-state index contributed by atoms with van der Waals surface area (Å²) < 4.78 is 5.24. The number of rotatable bonds is 3. The van der Waals surface area contributed by atoms with Gasteiger partial charge in [0.05, 0.1) is 29.3 Å². The van der Waals surface area contributed by atoms with E-state index in [9.17, 15) is 9.90 Å². The van der Waals surface area contributed by atoms with E-state index in [1.54, 1.807) is 7.11 Å². The molecule has 4 rings (SSSR count). The summed E-state index contributed by atoms with van der Waals surface area (Å²) in [5.74, 6) is 1.11. The molecule has 0 unspecified atom stereocenters. The minimum Gasteiger partial charge on any atom is -0.497 e. The van der Waals surface area contributed by atoms with Gasteiger partial charge >= 0.3 is 5.97 Å². The molecule has 6 heteroatoms. The molecule has 0 radical (unpaired) electrons. The van der Waals surface area contributed by atoms with E-state index >= 15 is 0 Å². The summed E-state index contributed by atoms with van der Waals surface area (Å²) in [7, 11) is 1.63. The Balaban J connectivity index is 1.72. The molecule has 2 atom stereocenters. The predicted octanol–water partition coefficient (Wildman–Crippen LogP) is 2.64. The highest BCUT2D eigenvalue weighted by atomic mass is 16.5. The second-order valence-electron chi connectivity index (χ2n) is 6.92. The molecular weight excluding hydrogens is 306 g/mol. The van der Waals surface area contributed by atoms with Crippen molar-refractivity contribution < 1.29 is 14.6 Å². The Kier molecular flexibility index (Phi) is 3.37. The highest BCUT2D eigenvalue weighted by Crippen LogP contribution is 2.49. The quantitative estimate of drug-likeness (QED) is 0.934. The number of aryl methyl sites for hydroxylation is 1. The van der Waals surface area contributed by atoms with Crippen molar-refractivity contribution in [1.29, 1.82) is 0 Å². The lowest BCUT2D eigenvalue weighted by Crippen LogP contribution is -2.36. The van der Waals surface area contributed by atoms with Gasteiger partial charge in [-0.25, -0.2) is 9.97 Å². The first kappa shape index (κ1) is 15.2. The molecular formula is C18H21N3O3. The lowest BCUT2D eigenvalue weighted by molar-refractivity contribution is -0.149. The second kappa shape index (κ2) is 5.33. The van der Waals surface area contributed by atoms with Crippen molar-refractivity contribution >= 4 is 22.8 Å². The van der Waals surface area contributed by atoms with Crippen molar-refractivity contribution in [2.75, 3.05) is 25.1 Å². The zero-order chi connectivity index (χ0) is 16.9. The fourth-order valence-electron chi connectivity index (χ4n) is 4.34. The average Bonchev–Trinajstić information content (AvgIpc) is 3.11. The number of fused-ring (bicyclic) bond motifs is 2. The number of carboxylic acid groups (broad SMARTS) is 1. The van der Waals surface area contributed by atoms with Crippen LogP contribution in [-0.2, 0) is 4.79 Å². The van der Waals surface area contributed by atoms with Crippen LogP contribution < -0.4 is 9.64 Å². The normalized spacial score (nSPS) is 25.9. The van der Waals surface area contributed by atoms with Gasteiger partial charge in [0.1, 0.15) is 5.75 Å². The molecule has 1 saturated carbocycles. The molecule has 1 aliphatic heterocycles. The van der Waals surface area contributed by atoms with Crippen LogP contribution in [0.5, 0.6) is 5.75 Å². The van der Waals surface area contributed by atoms with Crippen LogP contribution in [0.1, 0.15) is 25.0 Å². The number of benzene rings is 1. The fourth-order valence-corrected chi connectivity index (χ4v) is 4.34. The molecule has 1 aromatic carbocycles. The number of carbonyl (C=O) groups is 1. The third-order valence-corrected chi connectivity index (χ3v) is 5.62. The van der Waals surface area contributed by atoms with Crippen molar-refractivity contribution in [2.24, 2.45) is 11.3 Å². The van der Waals surface area contributed by atoms with Gasteiger partial charge in [0, 0.05) is 19.2 Å². The number of hydrogen-bond acceptors (Lipinski definition) is 5. The molecule has 2 aliphatic rings. The van der Waals surface area contributed by atoms with E-state index in [0.717, 1.165) is 54.1 Å². The number of hydrogen-bond donors (Lipinski definition) is 1. The molecule has 1 aliphatic carbocycles. The van der Waals surface area contributed by atoms with E-state index in [4.69, 9.17) is 9.72 Å². The van der Waals surface area contributed by atoms with Crippen molar-refractivity contribution in [3.8, 4) is 5.75 Å². The molecule has 2 fully saturated rings. The Morgan fingerprint density at radius 1 is 1.38 bits per heavy atom. The van der Waals surface area contributed by atoms with Crippen LogP contribution in [0.25, 0.3) is 11.0 Å². The molecule has 0 bridgehead atoms. The fraction of sp³-hybridized carbons (Fsp3) is 0.500. The predicted molar refractivity (Wildman–Crippen MR) is 90.4 cm³/mol. The van der Waals surface area contributed by atoms with E-state index in [-0.39, 0.29) is 5.92 Å². The Bertz CT molecular complexity index is 823. The molecule has 126 valence electrons. The number of nitrogens with zero attached hydrogens (tertiary/aromatic N) is 3. The Morgan fingerprint density at radius 2 is 2.21 bits per heavy atom. The minimum absolute atomic E-state index is 0.211. The van der Waals surface area contributed by atoms with Crippen LogP contribution in [0, 0.1) is 18.3 Å². The lowest BCUT2D eigenvalue weighted by Gasteiger charge is -2.24. The highest BCUT2D eigenvalue weighted by molar-refractivity contribution is 5.80. The zero-order valence-electron chi connectivity index (χ0n) is 14.0. The molecule has 1 N–H and O–H groups in total. The Labute approximate surface area is 140 Å². The molecule has 0 spiro atoms. The first-order valence-corrected chi connectivity index (χ1v) is 8.34. The number of methoxy groups -OCH3 is 1. The van der Waals surface area contributed by atoms with Crippen LogP contribution in [0.15, 0.2) is 18.2 Å². The number of aliphatic carboxylic acids is 1. The van der Waals surface area contributed by atoms with Gasteiger partial charge in [-0.2, -0.15) is 0 Å². The third-order valence-electron chi connectivity index (χ3n) is 5.62. The van der Waals surface area contributed by atoms with Gasteiger partial charge in [0.15, 0.2) is 5.82 Å². The number of aromatic nitrogens is 2. The second-order valence-corrected chi connectivity index (χ2v) is 6.92. The molecule has 6 nitrogen and oxygen atoms in total. The van der Waals surface area contributed by atoms with Crippen molar-refractivity contribution in [3.63, 3.8) is 0 Å². The number of ether oxygens (including phenoxy) is 1. The maximum Gasteiger partial charge on any atom is 0.311 e. The lowest BCUT2D eigenvalue weighted by atomic mass is 9.81. The molecule has 2 heterocycles. The van der Waals surface area contributed by atoms with Gasteiger partial charge in [-0.15, -0.1) is 0 Å². The molecule has 2 aromatic rings. The summed E-state index contributed by atoms with van der Waals surface area (Å²) in [6.45, 7) is 3.22. The van der Waals surface area contributed by atoms with Crippen LogP contribution in [0.4, 0.5) is 5.82 Å². The largest absolute Gasteiger partial charge is 0.497 e. The van der Waals surface area contributed by atoms with E-state index in [1.807, 2.05) is 25.1 Å². The summed E-state index contributed by atoms with van der Waals surface area (Å²) in [5, 5.41) is 9.76. The zero-order valence-corrected chi connectivity index (χ0v) is 14.0. The summed E-state index contributed by atoms with van der Waals surface area (Å²) in [6.07, 6.45) is 2.76. The van der Waals surface area contributed by atoms with Gasteiger partial charge in [-0.05, 0) is 37.8 Å². The van der Waals surface area contributed by atoms with Crippen molar-refractivity contribution in [2.45, 2.75) is 26.2 Å². The van der Waals surface area contributed by atoms with E-state index in [0.29, 0.717) is 6.54 Å². The number of anilines is 1. The molecule has 1 aromatic heterocycles. The monoisotopic (exact) mass is 327 g/mol. The smallest absolute Gasteiger partial charge is 0.311 e. The maximum absolute atomic E-state index is 11.9. The summed E-state index contributed by atoms with van der Waals surface area (Å²) in [6, 6.07) is 5.64. The van der Waals surface area contributed by atoms with E-state index < -0.39 is 11.4 Å². The first-order valence-electron chi connectivity index (χ1n) is 8.34. The van der Waals surface area contributed by atoms with Crippen LogP contribution in [-0.4, -0.2) is 41.2 Å². The van der Waals surface area contributed by atoms with Crippen LogP contribution >= 0.6 is 0 Å². The third kappa shape index (κ3) is 2.12. The summed E-state index contributed by atoms with van der Waals surface area (Å²) >= 11 is 0. The standard InChI is InChI=1S/C18H21N3O3/c1-11-16(20-14-6-5-13(24-2)8-15(14)19-11)21-9-12-4-3-7-18(12,10-21)17(22)23/h5-6,8,12H,3-4,7,9-10H2,1-2H3,(H,22,23)/t12-,18+/m0/s1. The van der Waals surface area contributed by atoms with Gasteiger partial charge in [0.25, 0.3) is 0 Å². The molecule has 24 heavy (non-hydrogen) atoms. The van der Waals surface area contributed by atoms with Gasteiger partial charge in [0.2, 0.25) is 0 Å². The summed E-state index contributed by atoms with van der Waals surface area (Å²) in [4.78, 5) is 23.4. The topological polar surface area (TPSA) is 75.5 Å². The molecule has 1 saturated heterocycles. The Morgan fingerprint density at radius 3 is 2.92 bits per heavy atom. The molecule has 0 amide bonds. The summed E-state index contributed by atoms with van der Waals surface area (Å²) in [5.41, 5.74) is 1.82. The number of carboxylic acids is 1. The SMILES string of the molecule is COc1ccc2nc(N3C[C@@H]4CCC[C@@]4(C(=O)O)C3)c(C)nc2c1.